The van der Waals surface area contributed by atoms with Crippen molar-refractivity contribution in [3.8, 4) is 34.5 Å². The summed E-state index contributed by atoms with van der Waals surface area (Å²) in [5.74, 6) is 3.42. The molecule has 5 fully saturated rings. The number of ether oxygens (including phenoxy) is 3. The molecule has 3 aromatic carbocycles. The zero-order chi connectivity index (χ0) is 62.0. The number of aryl methyl sites for hydroxylation is 1. The lowest BCUT2D eigenvalue weighted by molar-refractivity contribution is -0.120. The maximum absolute atomic E-state index is 17.9. The summed E-state index contributed by atoms with van der Waals surface area (Å²) in [7, 11) is -0.806. The number of imide groups is 1. The first-order valence-electron chi connectivity index (χ1n) is 32.0. The van der Waals surface area contributed by atoms with Crippen LogP contribution >= 0.6 is 0 Å². The molecule has 2 aromatic heterocycles. The van der Waals surface area contributed by atoms with Gasteiger partial charge in [0.1, 0.15) is 36.7 Å². The first-order chi connectivity index (χ1) is 41.6. The molecule has 5 aromatic rings. The van der Waals surface area contributed by atoms with Crippen LogP contribution in [0.15, 0.2) is 48.7 Å². The van der Waals surface area contributed by atoms with E-state index in [0.29, 0.717) is 106 Å². The highest BCUT2D eigenvalue weighted by molar-refractivity contribution is 6.90. The SMILES string of the molecule is CCc1ccc(C(=O)N2CCC3(CCC(CN4CCN(C[C@@H](C)COc5nc(N6CCC[C@@](C)(O)C6)c6cnc(-c7cc(OCOC)cc8ccc(F)c(C#C[Si](C(C)C)(C(C)C)C(C)C)c78)c(F)c6n5)CC4)CC3)CC2)cc1N1CCC(=O)NC1=O. The van der Waals surface area contributed by atoms with Crippen LogP contribution in [0.1, 0.15) is 142 Å². The maximum atomic E-state index is 17.9. The number of β-amino-alcohol motifs (C(OH)–C–C–N with tert-alkyl or cyclic N) is 1. The van der Waals surface area contributed by atoms with Gasteiger partial charge in [-0.25, -0.2) is 13.6 Å². The molecule has 87 heavy (non-hydrogen) atoms. The molecule has 4 aliphatic heterocycles. The second kappa shape index (κ2) is 26.8. The van der Waals surface area contributed by atoms with E-state index in [1.54, 1.807) is 36.2 Å². The fourth-order valence-corrected chi connectivity index (χ4v) is 20.3. The molecular weight excluding hydrogens is 1120 g/mol. The molecule has 1 spiro atoms. The van der Waals surface area contributed by atoms with E-state index in [-0.39, 0.29) is 65.7 Å². The topological polar surface area (TPSA) is 166 Å². The van der Waals surface area contributed by atoms with Crippen LogP contribution in [0.25, 0.3) is 32.9 Å². The second-order valence-electron chi connectivity index (χ2n) is 26.9. The normalized spacial score (nSPS) is 20.4. The fourth-order valence-electron chi connectivity index (χ4n) is 15.1. The van der Waals surface area contributed by atoms with Crippen molar-refractivity contribution in [1.29, 1.82) is 0 Å². The van der Waals surface area contributed by atoms with Gasteiger partial charge < -0.3 is 38.9 Å². The number of anilines is 2. The summed E-state index contributed by atoms with van der Waals surface area (Å²) < 4.78 is 52.1. The lowest BCUT2D eigenvalue weighted by atomic mass is 9.65. The first kappa shape index (κ1) is 63.7. The number of carbonyl (C=O) groups is 3. The number of nitrogens with zero attached hydrogens (tertiary/aromatic N) is 8. The van der Waals surface area contributed by atoms with Crippen molar-refractivity contribution in [3.05, 3.63) is 77.0 Å². The number of hydrogen-bond donors (Lipinski definition) is 2. The van der Waals surface area contributed by atoms with E-state index in [2.05, 4.69) is 75.0 Å². The number of urea groups is 1. The largest absolute Gasteiger partial charge is 0.468 e. The predicted molar refractivity (Wildman–Crippen MR) is 341 cm³/mol. The van der Waals surface area contributed by atoms with E-state index in [9.17, 15) is 19.5 Å². The molecule has 0 unspecified atom stereocenters. The van der Waals surface area contributed by atoms with Crippen LogP contribution in [-0.4, -0.2) is 159 Å². The van der Waals surface area contributed by atoms with Crippen molar-refractivity contribution in [2.24, 2.45) is 17.3 Å². The Hall–Kier alpha value is -6.30. The van der Waals surface area contributed by atoms with E-state index in [1.165, 1.54) is 38.9 Å². The van der Waals surface area contributed by atoms with Crippen LogP contribution in [0.5, 0.6) is 11.8 Å². The summed E-state index contributed by atoms with van der Waals surface area (Å²) in [5, 5.41) is 15.1. The molecule has 4 amide bonds. The standard InChI is InChI=1S/C68H91F2N9O7Si/c1-11-49-13-14-51(36-57(49)79-27-19-58(80)72-66(79)82)64(81)77-28-24-68(25-29-77)22-17-48(18-23-68)40-76-32-30-75(31-33-76)39-47(8)41-85-65-73-62-55(63(74-65)78-26-12-21-67(9,83)42-78)38-71-61(60(62)70)54-37-52(86-43-84-10)35-50-15-16-56(69)53(59(50)54)20-34-87(44(2)3,45(4)5)46(6)7/h13-16,35-38,44-48,83H,11-12,17-19,21-33,39-43H2,1-10H3,(H,72,80,82)/t47-,67-/m1/s1. The third-order valence-electron chi connectivity index (χ3n) is 19.9. The lowest BCUT2D eigenvalue weighted by Gasteiger charge is -2.47. The van der Waals surface area contributed by atoms with E-state index in [1.807, 2.05) is 34.9 Å². The molecule has 5 aliphatic rings. The highest BCUT2D eigenvalue weighted by atomic mass is 28.3. The molecule has 10 rings (SSSR count). The van der Waals surface area contributed by atoms with Crippen LogP contribution in [0, 0.1) is 40.3 Å². The molecule has 0 radical (unpaired) electrons. The Labute approximate surface area is 514 Å². The minimum absolute atomic E-state index is 0.000334. The molecule has 1 saturated carbocycles. The summed E-state index contributed by atoms with van der Waals surface area (Å²) in [6, 6.07) is 11.8. The Bertz CT molecular complexity index is 3380. The number of hydrogen-bond acceptors (Lipinski definition) is 13. The van der Waals surface area contributed by atoms with Crippen molar-refractivity contribution in [2.75, 3.05) is 102 Å². The number of pyridine rings is 1. The molecule has 468 valence electrons. The number of likely N-dealkylation sites (tertiary alicyclic amines) is 1. The Morgan fingerprint density at radius 1 is 0.862 bits per heavy atom. The van der Waals surface area contributed by atoms with Gasteiger partial charge in [0.25, 0.3) is 5.91 Å². The smallest absolute Gasteiger partial charge is 0.328 e. The van der Waals surface area contributed by atoms with Crippen LogP contribution in [0.2, 0.25) is 16.6 Å². The van der Waals surface area contributed by atoms with E-state index in [4.69, 9.17) is 29.2 Å². The monoisotopic (exact) mass is 1210 g/mol. The van der Waals surface area contributed by atoms with Gasteiger partial charge in [-0.3, -0.25) is 24.8 Å². The van der Waals surface area contributed by atoms with Crippen molar-refractivity contribution in [3.63, 3.8) is 0 Å². The van der Waals surface area contributed by atoms with Gasteiger partial charge in [-0.2, -0.15) is 9.97 Å². The Balaban J connectivity index is 0.790. The van der Waals surface area contributed by atoms with Gasteiger partial charge in [0.05, 0.1) is 23.2 Å². The molecule has 2 atom stereocenters. The average Bonchev–Trinajstić information content (AvgIpc) is 1.33. The van der Waals surface area contributed by atoms with Crippen molar-refractivity contribution in [2.45, 2.75) is 149 Å². The van der Waals surface area contributed by atoms with Crippen LogP contribution < -0.4 is 24.6 Å². The molecule has 19 heteroatoms. The number of aromatic nitrogens is 3. The van der Waals surface area contributed by atoms with Crippen LogP contribution in [0.3, 0.4) is 0 Å². The molecule has 1 aliphatic carbocycles. The number of methoxy groups -OCH3 is 1. The third-order valence-corrected chi connectivity index (χ3v) is 26.2. The number of amides is 4. The zero-order valence-electron chi connectivity index (χ0n) is 53.0. The van der Waals surface area contributed by atoms with Crippen molar-refractivity contribution < 1.29 is 42.5 Å². The second-order valence-corrected chi connectivity index (χ2v) is 32.5. The van der Waals surface area contributed by atoms with E-state index in [0.717, 1.165) is 70.8 Å². The number of fused-ring (bicyclic) bond motifs is 2. The number of piperidine rings is 2. The summed E-state index contributed by atoms with van der Waals surface area (Å²) in [6.45, 7) is 27.9. The highest BCUT2D eigenvalue weighted by Gasteiger charge is 2.43. The zero-order valence-corrected chi connectivity index (χ0v) is 54.0. The number of benzene rings is 3. The highest BCUT2D eigenvalue weighted by Crippen LogP contribution is 2.48. The number of rotatable bonds is 18. The van der Waals surface area contributed by atoms with Gasteiger partial charge in [0.2, 0.25) is 5.91 Å². The van der Waals surface area contributed by atoms with Crippen LogP contribution in [-0.2, 0) is 16.0 Å². The Morgan fingerprint density at radius 3 is 2.24 bits per heavy atom. The minimum Gasteiger partial charge on any atom is -0.468 e. The van der Waals surface area contributed by atoms with Gasteiger partial charge in [-0.15, -0.1) is 5.54 Å². The molecule has 0 bridgehead atoms. The van der Waals surface area contributed by atoms with Gasteiger partial charge in [-0.1, -0.05) is 73.4 Å². The van der Waals surface area contributed by atoms with E-state index < -0.39 is 31.3 Å². The van der Waals surface area contributed by atoms with Gasteiger partial charge in [0.15, 0.2) is 12.6 Å². The quantitative estimate of drug-likeness (QED) is 0.0484. The predicted octanol–water partition coefficient (Wildman–Crippen LogP) is 11.8. The molecule has 16 nitrogen and oxygen atoms in total. The van der Waals surface area contributed by atoms with E-state index >= 15 is 8.78 Å². The summed E-state index contributed by atoms with van der Waals surface area (Å²) in [4.78, 5) is 63.7. The van der Waals surface area contributed by atoms with Gasteiger partial charge in [-0.05, 0) is 134 Å². The number of carbonyl (C=O) groups excluding carboxylic acids is 3. The Morgan fingerprint density at radius 2 is 1.57 bits per heavy atom. The van der Waals surface area contributed by atoms with Crippen molar-refractivity contribution in [1.82, 2.24) is 35.0 Å². The molecule has 4 saturated heterocycles. The van der Waals surface area contributed by atoms with Gasteiger partial charge >= 0.3 is 12.0 Å². The molecular formula is C68H91F2N9O7Si. The molecule has 6 heterocycles. The average molecular weight is 1210 g/mol. The summed E-state index contributed by atoms with van der Waals surface area (Å²) in [6.07, 6.45) is 10.6. The number of nitrogens with one attached hydrogen (secondary N) is 1. The third kappa shape index (κ3) is 13.8. The number of halogens is 2. The maximum Gasteiger partial charge on any atom is 0.328 e. The summed E-state index contributed by atoms with van der Waals surface area (Å²) >= 11 is 0. The summed E-state index contributed by atoms with van der Waals surface area (Å²) in [5.41, 5.74) is 6.59. The van der Waals surface area contributed by atoms with Gasteiger partial charge in [0, 0.05) is 120 Å². The lowest BCUT2D eigenvalue weighted by Crippen LogP contribution is -2.50. The first-order valence-corrected chi connectivity index (χ1v) is 34.2. The number of piperazine rings is 1. The van der Waals surface area contributed by atoms with Crippen molar-refractivity contribution >= 4 is 59.1 Å². The fraction of sp³-hybridized carbons (Fsp3) is 0.588. The minimum atomic E-state index is -2.33. The number of aliphatic hydroxyl groups is 1. The molecule has 2 N–H and O–H groups in total. The Kier molecular flexibility index (Phi) is 19.6. The van der Waals surface area contributed by atoms with Crippen LogP contribution in [0.4, 0.5) is 25.1 Å².